The summed E-state index contributed by atoms with van der Waals surface area (Å²) >= 11 is 0. The van der Waals surface area contributed by atoms with Crippen LogP contribution in [0.1, 0.15) is 37.8 Å². The topological polar surface area (TPSA) is 41.1 Å². The molecular formula is C15H24N2O. The van der Waals surface area contributed by atoms with Crippen LogP contribution in [0.2, 0.25) is 0 Å². The summed E-state index contributed by atoms with van der Waals surface area (Å²) in [5, 5.41) is 6.28. The van der Waals surface area contributed by atoms with Crippen LogP contribution in [0.3, 0.4) is 0 Å². The molecule has 3 heteroatoms. The summed E-state index contributed by atoms with van der Waals surface area (Å²) in [6.45, 7) is 9.19. The molecule has 1 rings (SSSR count). The van der Waals surface area contributed by atoms with Crippen molar-refractivity contribution in [3.05, 3.63) is 29.3 Å². The average molecular weight is 248 g/mol. The quantitative estimate of drug-likeness (QED) is 0.760. The Morgan fingerprint density at radius 1 is 1.28 bits per heavy atom. The van der Waals surface area contributed by atoms with Crippen molar-refractivity contribution in [1.29, 1.82) is 0 Å². The minimum Gasteiger partial charge on any atom is -0.326 e. The number of hydrogen-bond donors (Lipinski definition) is 2. The fraction of sp³-hybridized carbons (Fsp3) is 0.533. The predicted octanol–water partition coefficient (Wildman–Crippen LogP) is 3.02. The van der Waals surface area contributed by atoms with Crippen molar-refractivity contribution in [3.8, 4) is 0 Å². The smallest absolute Gasteiger partial charge is 0.224 e. The first kappa shape index (κ1) is 14.7. The molecule has 1 amide bonds. The van der Waals surface area contributed by atoms with Gasteiger partial charge in [0.1, 0.15) is 0 Å². The Bertz CT molecular complexity index is 399. The molecule has 1 aromatic carbocycles. The van der Waals surface area contributed by atoms with Gasteiger partial charge >= 0.3 is 0 Å². The Labute approximate surface area is 110 Å². The lowest BCUT2D eigenvalue weighted by Gasteiger charge is -2.11. The van der Waals surface area contributed by atoms with Crippen molar-refractivity contribution in [1.82, 2.24) is 5.32 Å². The molecule has 2 N–H and O–H groups in total. The third-order valence-corrected chi connectivity index (χ3v) is 3.01. The van der Waals surface area contributed by atoms with Crippen LogP contribution in [0.15, 0.2) is 18.2 Å². The van der Waals surface area contributed by atoms with Crippen LogP contribution in [0, 0.1) is 13.8 Å². The van der Waals surface area contributed by atoms with E-state index >= 15 is 0 Å². The maximum atomic E-state index is 11.8. The van der Waals surface area contributed by atoms with Crippen LogP contribution in [-0.4, -0.2) is 18.5 Å². The minimum atomic E-state index is 0.0919. The highest BCUT2D eigenvalue weighted by Crippen LogP contribution is 2.18. The molecule has 0 aromatic heterocycles. The van der Waals surface area contributed by atoms with Gasteiger partial charge in [-0.3, -0.25) is 4.79 Å². The first-order valence-corrected chi connectivity index (χ1v) is 6.60. The fourth-order valence-corrected chi connectivity index (χ4v) is 1.74. The normalized spacial score (nSPS) is 10.7. The van der Waals surface area contributed by atoms with E-state index in [-0.39, 0.29) is 5.91 Å². The second-order valence-corrected chi connectivity index (χ2v) is 5.01. The lowest BCUT2D eigenvalue weighted by molar-refractivity contribution is -0.116. The summed E-state index contributed by atoms with van der Waals surface area (Å²) < 4.78 is 0. The Morgan fingerprint density at radius 3 is 2.67 bits per heavy atom. The lowest BCUT2D eigenvalue weighted by atomic mass is 10.1. The van der Waals surface area contributed by atoms with E-state index in [0.717, 1.165) is 24.2 Å². The van der Waals surface area contributed by atoms with Gasteiger partial charge in [0.2, 0.25) is 5.91 Å². The Hall–Kier alpha value is -1.35. The van der Waals surface area contributed by atoms with E-state index in [0.29, 0.717) is 12.5 Å². The zero-order valence-electron chi connectivity index (χ0n) is 11.8. The second kappa shape index (κ2) is 7.17. The van der Waals surface area contributed by atoms with Crippen molar-refractivity contribution >= 4 is 11.6 Å². The number of hydrogen-bond acceptors (Lipinski definition) is 2. The molecule has 0 unspecified atom stereocenters. The number of rotatable bonds is 6. The monoisotopic (exact) mass is 248 g/mol. The summed E-state index contributed by atoms with van der Waals surface area (Å²) in [5.74, 6) is 0.0919. The van der Waals surface area contributed by atoms with Crippen molar-refractivity contribution in [2.45, 2.75) is 46.6 Å². The molecule has 0 atom stereocenters. The van der Waals surface area contributed by atoms with Gasteiger partial charge in [-0.15, -0.1) is 0 Å². The highest BCUT2D eigenvalue weighted by molar-refractivity contribution is 5.91. The molecule has 18 heavy (non-hydrogen) atoms. The standard InChI is InChI=1S/C15H24N2O/c1-11(2)16-10-6-9-15(18)17-14-8-5-7-12(3)13(14)4/h5,7-8,11,16H,6,9-10H2,1-4H3,(H,17,18). The van der Waals surface area contributed by atoms with Crippen molar-refractivity contribution in [2.24, 2.45) is 0 Å². The summed E-state index contributed by atoms with van der Waals surface area (Å²) in [6.07, 6.45) is 1.43. The highest BCUT2D eigenvalue weighted by Gasteiger charge is 2.05. The van der Waals surface area contributed by atoms with Crippen molar-refractivity contribution < 1.29 is 4.79 Å². The summed E-state index contributed by atoms with van der Waals surface area (Å²) in [7, 11) is 0. The zero-order valence-corrected chi connectivity index (χ0v) is 11.8. The van der Waals surface area contributed by atoms with Gasteiger partial charge in [0.05, 0.1) is 0 Å². The molecule has 0 heterocycles. The van der Waals surface area contributed by atoms with E-state index in [1.807, 2.05) is 19.1 Å². The van der Waals surface area contributed by atoms with Crippen LogP contribution in [0.4, 0.5) is 5.69 Å². The number of carbonyl (C=O) groups is 1. The SMILES string of the molecule is Cc1cccc(NC(=O)CCCNC(C)C)c1C. The number of nitrogens with one attached hydrogen (secondary N) is 2. The molecule has 0 bridgehead atoms. The van der Waals surface area contributed by atoms with Gasteiger partial charge < -0.3 is 10.6 Å². The van der Waals surface area contributed by atoms with Crippen LogP contribution in [0.5, 0.6) is 0 Å². The number of anilines is 1. The van der Waals surface area contributed by atoms with Crippen molar-refractivity contribution in [3.63, 3.8) is 0 Å². The Kier molecular flexibility index (Phi) is 5.86. The van der Waals surface area contributed by atoms with E-state index < -0.39 is 0 Å². The molecule has 0 saturated carbocycles. The number of benzene rings is 1. The van der Waals surface area contributed by atoms with E-state index in [4.69, 9.17) is 0 Å². The van der Waals surface area contributed by atoms with Gasteiger partial charge in [-0.2, -0.15) is 0 Å². The van der Waals surface area contributed by atoms with Crippen LogP contribution < -0.4 is 10.6 Å². The zero-order chi connectivity index (χ0) is 13.5. The average Bonchev–Trinajstić information content (AvgIpc) is 2.30. The van der Waals surface area contributed by atoms with Crippen LogP contribution in [-0.2, 0) is 4.79 Å². The molecule has 1 aromatic rings. The number of carbonyl (C=O) groups excluding carboxylic acids is 1. The van der Waals surface area contributed by atoms with Crippen LogP contribution >= 0.6 is 0 Å². The molecule has 0 spiro atoms. The molecule has 0 radical (unpaired) electrons. The number of aryl methyl sites for hydroxylation is 1. The molecule has 0 aliphatic carbocycles. The Morgan fingerprint density at radius 2 is 2.00 bits per heavy atom. The second-order valence-electron chi connectivity index (χ2n) is 5.01. The Balaban J connectivity index is 2.38. The molecule has 0 aliphatic heterocycles. The van der Waals surface area contributed by atoms with Crippen molar-refractivity contribution in [2.75, 3.05) is 11.9 Å². The summed E-state index contributed by atoms with van der Waals surface area (Å²) in [6, 6.07) is 6.45. The molecule has 0 saturated heterocycles. The maximum absolute atomic E-state index is 11.8. The first-order chi connectivity index (χ1) is 8.50. The molecule has 3 nitrogen and oxygen atoms in total. The van der Waals surface area contributed by atoms with Gasteiger partial charge in [-0.25, -0.2) is 0 Å². The van der Waals surface area contributed by atoms with Gasteiger partial charge in [0, 0.05) is 18.2 Å². The number of amides is 1. The highest BCUT2D eigenvalue weighted by atomic mass is 16.1. The third kappa shape index (κ3) is 4.88. The molecule has 0 aliphatic rings. The fourth-order valence-electron chi connectivity index (χ4n) is 1.74. The van der Waals surface area contributed by atoms with E-state index in [2.05, 4.69) is 37.5 Å². The molecule has 100 valence electrons. The maximum Gasteiger partial charge on any atom is 0.224 e. The molecular weight excluding hydrogens is 224 g/mol. The van der Waals surface area contributed by atoms with Gasteiger partial charge in [-0.05, 0) is 44.0 Å². The summed E-state index contributed by atoms with van der Waals surface area (Å²) in [5.41, 5.74) is 3.28. The van der Waals surface area contributed by atoms with E-state index in [9.17, 15) is 4.79 Å². The van der Waals surface area contributed by atoms with Crippen LogP contribution in [0.25, 0.3) is 0 Å². The summed E-state index contributed by atoms with van der Waals surface area (Å²) in [4.78, 5) is 11.8. The van der Waals surface area contributed by atoms with Gasteiger partial charge in [0.25, 0.3) is 0 Å². The predicted molar refractivity (Wildman–Crippen MR) is 76.9 cm³/mol. The van der Waals surface area contributed by atoms with Gasteiger partial charge in [0.15, 0.2) is 0 Å². The molecule has 0 fully saturated rings. The lowest BCUT2D eigenvalue weighted by Crippen LogP contribution is -2.24. The first-order valence-electron chi connectivity index (χ1n) is 6.60. The van der Waals surface area contributed by atoms with Gasteiger partial charge in [-0.1, -0.05) is 26.0 Å². The van der Waals surface area contributed by atoms with E-state index in [1.54, 1.807) is 0 Å². The minimum absolute atomic E-state index is 0.0919. The third-order valence-electron chi connectivity index (χ3n) is 3.01. The van der Waals surface area contributed by atoms with E-state index in [1.165, 1.54) is 5.56 Å². The largest absolute Gasteiger partial charge is 0.326 e.